The van der Waals surface area contributed by atoms with Gasteiger partial charge in [-0.25, -0.2) is 0 Å². The molecule has 1 heteroatoms. The highest BCUT2D eigenvalue weighted by Crippen LogP contribution is 2.65. The fourth-order valence-electron chi connectivity index (χ4n) is 6.21. The van der Waals surface area contributed by atoms with Gasteiger partial charge in [-0.1, -0.05) is 19.3 Å². The second-order valence-electron chi connectivity index (χ2n) is 8.21. The number of rotatable bonds is 2. The zero-order valence-electron chi connectivity index (χ0n) is 12.7. The fraction of sp³-hybridized carbons (Fsp3) is 1.00. The molecule has 1 heterocycles. The Kier molecular flexibility index (Phi) is 3.17. The zero-order chi connectivity index (χ0) is 12.9. The van der Waals surface area contributed by atoms with Crippen LogP contribution >= 0.6 is 0 Å². The van der Waals surface area contributed by atoms with Crippen molar-refractivity contribution in [1.29, 1.82) is 0 Å². The number of likely N-dealkylation sites (tertiary alicyclic amines) is 1. The molecule has 1 saturated heterocycles. The number of hydrogen-bond donors (Lipinski definition) is 0. The summed E-state index contributed by atoms with van der Waals surface area (Å²) in [6, 6.07) is 0. The Bertz CT molecular complexity index is 323. The summed E-state index contributed by atoms with van der Waals surface area (Å²) in [5, 5.41) is 0. The van der Waals surface area contributed by atoms with Crippen molar-refractivity contribution in [2.45, 2.75) is 64.2 Å². The standard InChI is InChI=1S/C18H31N/c1-19-11-9-18(10-12-19,15-5-3-2-4-6-15)17-8-7-14-13-16(14)17/h14-17H,2-13H2,1H3. The molecular formula is C18H31N. The minimum Gasteiger partial charge on any atom is -0.306 e. The highest BCUT2D eigenvalue weighted by Gasteiger charge is 2.58. The molecule has 3 unspecified atom stereocenters. The van der Waals surface area contributed by atoms with Gasteiger partial charge in [-0.3, -0.25) is 0 Å². The van der Waals surface area contributed by atoms with Crippen molar-refractivity contribution < 1.29 is 0 Å². The van der Waals surface area contributed by atoms with E-state index in [2.05, 4.69) is 11.9 Å². The quantitative estimate of drug-likeness (QED) is 0.715. The molecule has 19 heavy (non-hydrogen) atoms. The van der Waals surface area contributed by atoms with Gasteiger partial charge in [-0.05, 0) is 94.2 Å². The largest absolute Gasteiger partial charge is 0.306 e. The summed E-state index contributed by atoms with van der Waals surface area (Å²) >= 11 is 0. The molecule has 1 aliphatic heterocycles. The first-order chi connectivity index (χ1) is 9.29. The summed E-state index contributed by atoms with van der Waals surface area (Å²) in [6.45, 7) is 2.76. The summed E-state index contributed by atoms with van der Waals surface area (Å²) in [5.74, 6) is 4.57. The normalized spacial score (nSPS) is 43.1. The molecule has 4 aliphatic rings. The first kappa shape index (κ1) is 12.7. The Hall–Kier alpha value is -0.0400. The van der Waals surface area contributed by atoms with Crippen LogP contribution in [-0.2, 0) is 0 Å². The van der Waals surface area contributed by atoms with Gasteiger partial charge in [-0.2, -0.15) is 0 Å². The summed E-state index contributed by atoms with van der Waals surface area (Å²) in [4.78, 5) is 2.58. The molecule has 0 aromatic carbocycles. The van der Waals surface area contributed by atoms with Crippen molar-refractivity contribution in [2.24, 2.45) is 29.1 Å². The number of nitrogens with zero attached hydrogens (tertiary/aromatic N) is 1. The second kappa shape index (κ2) is 4.76. The van der Waals surface area contributed by atoms with Crippen molar-refractivity contribution >= 4 is 0 Å². The molecule has 0 N–H and O–H groups in total. The Morgan fingerprint density at radius 2 is 1.63 bits per heavy atom. The van der Waals surface area contributed by atoms with Crippen molar-refractivity contribution in [3.8, 4) is 0 Å². The average Bonchev–Trinajstić information content (AvgIpc) is 3.12. The van der Waals surface area contributed by atoms with Crippen LogP contribution in [0, 0.1) is 29.1 Å². The van der Waals surface area contributed by atoms with E-state index in [0.29, 0.717) is 0 Å². The van der Waals surface area contributed by atoms with Crippen LogP contribution in [0.1, 0.15) is 64.2 Å². The van der Waals surface area contributed by atoms with Gasteiger partial charge in [0.25, 0.3) is 0 Å². The number of fused-ring (bicyclic) bond motifs is 1. The third-order valence-electron chi connectivity index (χ3n) is 7.42. The lowest BCUT2D eigenvalue weighted by molar-refractivity contribution is -0.0226. The SMILES string of the molecule is CN1CCC(C2CCCCC2)(C2CCC3CC32)CC1. The Balaban J connectivity index is 1.58. The van der Waals surface area contributed by atoms with Crippen LogP contribution in [0.2, 0.25) is 0 Å². The third kappa shape index (κ3) is 2.07. The Morgan fingerprint density at radius 3 is 2.21 bits per heavy atom. The minimum absolute atomic E-state index is 0.781. The van der Waals surface area contributed by atoms with Gasteiger partial charge in [0.2, 0.25) is 0 Å². The molecule has 4 rings (SSSR count). The van der Waals surface area contributed by atoms with Gasteiger partial charge in [0.15, 0.2) is 0 Å². The van der Waals surface area contributed by atoms with Crippen molar-refractivity contribution in [2.75, 3.05) is 20.1 Å². The topological polar surface area (TPSA) is 3.24 Å². The van der Waals surface area contributed by atoms with Gasteiger partial charge in [0.1, 0.15) is 0 Å². The predicted octanol–water partition coefficient (Wildman–Crippen LogP) is 4.32. The fourth-order valence-corrected chi connectivity index (χ4v) is 6.21. The van der Waals surface area contributed by atoms with Crippen LogP contribution in [0.3, 0.4) is 0 Å². The smallest absolute Gasteiger partial charge is 0.00163 e. The maximum absolute atomic E-state index is 2.58. The third-order valence-corrected chi connectivity index (χ3v) is 7.42. The molecule has 0 amide bonds. The van der Waals surface area contributed by atoms with Crippen LogP contribution < -0.4 is 0 Å². The summed E-state index contributed by atoms with van der Waals surface area (Å²) in [7, 11) is 2.33. The molecule has 0 aromatic heterocycles. The lowest BCUT2D eigenvalue weighted by Gasteiger charge is -2.52. The summed E-state index contributed by atoms with van der Waals surface area (Å²) in [5.41, 5.74) is 0.781. The van der Waals surface area contributed by atoms with Crippen LogP contribution in [0.4, 0.5) is 0 Å². The lowest BCUT2D eigenvalue weighted by Crippen LogP contribution is -2.47. The molecule has 3 aliphatic carbocycles. The maximum Gasteiger partial charge on any atom is -0.00163 e. The van der Waals surface area contributed by atoms with E-state index >= 15 is 0 Å². The molecule has 3 atom stereocenters. The molecular weight excluding hydrogens is 230 g/mol. The van der Waals surface area contributed by atoms with E-state index in [4.69, 9.17) is 0 Å². The highest BCUT2D eigenvalue weighted by molar-refractivity contribution is 5.07. The van der Waals surface area contributed by atoms with E-state index in [0.717, 1.165) is 17.3 Å². The van der Waals surface area contributed by atoms with Gasteiger partial charge in [0.05, 0.1) is 0 Å². The second-order valence-corrected chi connectivity index (χ2v) is 8.21. The van der Waals surface area contributed by atoms with E-state index in [1.807, 2.05) is 0 Å². The van der Waals surface area contributed by atoms with Crippen LogP contribution in [0.5, 0.6) is 0 Å². The first-order valence-corrected chi connectivity index (χ1v) is 8.98. The molecule has 4 fully saturated rings. The monoisotopic (exact) mass is 261 g/mol. The molecule has 3 saturated carbocycles. The van der Waals surface area contributed by atoms with Crippen LogP contribution in [0.15, 0.2) is 0 Å². The van der Waals surface area contributed by atoms with Gasteiger partial charge < -0.3 is 4.90 Å². The van der Waals surface area contributed by atoms with Gasteiger partial charge in [-0.15, -0.1) is 0 Å². The number of piperidine rings is 1. The lowest BCUT2D eigenvalue weighted by atomic mass is 9.56. The van der Waals surface area contributed by atoms with E-state index < -0.39 is 0 Å². The first-order valence-electron chi connectivity index (χ1n) is 8.98. The maximum atomic E-state index is 2.58. The average molecular weight is 261 g/mol. The van der Waals surface area contributed by atoms with Gasteiger partial charge in [0, 0.05) is 0 Å². The minimum atomic E-state index is 0.781. The van der Waals surface area contributed by atoms with E-state index in [1.165, 1.54) is 57.0 Å². The molecule has 1 nitrogen and oxygen atoms in total. The van der Waals surface area contributed by atoms with Crippen molar-refractivity contribution in [3.63, 3.8) is 0 Å². The molecule has 108 valence electrons. The van der Waals surface area contributed by atoms with Crippen LogP contribution in [-0.4, -0.2) is 25.0 Å². The van der Waals surface area contributed by atoms with Crippen molar-refractivity contribution in [3.05, 3.63) is 0 Å². The van der Waals surface area contributed by atoms with Gasteiger partial charge >= 0.3 is 0 Å². The Morgan fingerprint density at radius 1 is 0.895 bits per heavy atom. The number of hydrogen-bond acceptors (Lipinski definition) is 1. The van der Waals surface area contributed by atoms with E-state index in [9.17, 15) is 0 Å². The zero-order valence-corrected chi connectivity index (χ0v) is 12.7. The predicted molar refractivity (Wildman–Crippen MR) is 80.1 cm³/mol. The molecule has 0 bridgehead atoms. The van der Waals surface area contributed by atoms with Crippen LogP contribution in [0.25, 0.3) is 0 Å². The van der Waals surface area contributed by atoms with E-state index in [-0.39, 0.29) is 0 Å². The molecule has 0 radical (unpaired) electrons. The van der Waals surface area contributed by atoms with E-state index in [1.54, 1.807) is 32.1 Å². The molecule has 0 spiro atoms. The van der Waals surface area contributed by atoms with Crippen molar-refractivity contribution in [1.82, 2.24) is 4.90 Å². The Labute approximate surface area is 119 Å². The summed E-state index contributed by atoms with van der Waals surface area (Å²) in [6.07, 6.45) is 15.6. The highest BCUT2D eigenvalue weighted by atomic mass is 15.1. The molecule has 0 aromatic rings. The summed E-state index contributed by atoms with van der Waals surface area (Å²) < 4.78 is 0.